The molecule has 1 fully saturated rings. The first-order valence-corrected chi connectivity index (χ1v) is 3.26. The summed E-state index contributed by atoms with van der Waals surface area (Å²) in [6.45, 7) is 1.45. The van der Waals surface area contributed by atoms with E-state index in [2.05, 4.69) is 5.32 Å². The van der Waals surface area contributed by atoms with Crippen LogP contribution < -0.4 is 5.32 Å². The van der Waals surface area contributed by atoms with E-state index >= 15 is 0 Å². The average Bonchev–Trinajstić information content (AvgIpc) is 1.80. The zero-order valence-electron chi connectivity index (χ0n) is 5.74. The van der Waals surface area contributed by atoms with Gasteiger partial charge in [0.2, 0.25) is 5.91 Å². The molecular weight excluding hydrogens is 134 g/mol. The Hall–Kier alpha value is -0.610. The molecule has 1 saturated heterocycles. The maximum Gasteiger partial charge on any atom is 0.228 e. The minimum absolute atomic E-state index is 0.0959. The highest BCUT2D eigenvalue weighted by atomic mass is 16.3. The van der Waals surface area contributed by atoms with Crippen molar-refractivity contribution in [1.29, 1.82) is 0 Å². The molecule has 10 heavy (non-hydrogen) atoms. The number of amides is 1. The van der Waals surface area contributed by atoms with E-state index in [1.807, 2.05) is 0 Å². The van der Waals surface area contributed by atoms with E-state index in [0.29, 0.717) is 0 Å². The van der Waals surface area contributed by atoms with Crippen molar-refractivity contribution in [3.8, 4) is 0 Å². The summed E-state index contributed by atoms with van der Waals surface area (Å²) in [6.07, 6.45) is -0.661. The lowest BCUT2D eigenvalue weighted by atomic mass is 9.87. The fourth-order valence-electron chi connectivity index (χ4n) is 1.17. The quantitative estimate of drug-likeness (QED) is 0.413. The van der Waals surface area contributed by atoms with Gasteiger partial charge in [-0.1, -0.05) is 0 Å². The highest BCUT2D eigenvalue weighted by Crippen LogP contribution is 2.18. The SMILES string of the molecule is C[C@@H](O)[C@H]1C(=O)N[C@H]1CO. The topological polar surface area (TPSA) is 69.6 Å². The summed E-state index contributed by atoms with van der Waals surface area (Å²) >= 11 is 0. The van der Waals surface area contributed by atoms with Crippen LogP contribution in [-0.2, 0) is 4.79 Å². The molecule has 4 nitrogen and oxygen atoms in total. The summed E-state index contributed by atoms with van der Waals surface area (Å²) < 4.78 is 0. The fraction of sp³-hybridized carbons (Fsp3) is 0.833. The van der Waals surface area contributed by atoms with Crippen LogP contribution in [-0.4, -0.2) is 34.9 Å². The first-order valence-electron chi connectivity index (χ1n) is 3.26. The molecule has 0 aromatic carbocycles. The minimum atomic E-state index is -0.661. The van der Waals surface area contributed by atoms with Crippen molar-refractivity contribution in [2.75, 3.05) is 6.61 Å². The number of carbonyl (C=O) groups is 1. The number of rotatable bonds is 2. The zero-order chi connectivity index (χ0) is 7.72. The average molecular weight is 145 g/mol. The monoisotopic (exact) mass is 145 g/mol. The lowest BCUT2D eigenvalue weighted by Gasteiger charge is -2.37. The molecule has 3 N–H and O–H groups in total. The number of hydrogen-bond acceptors (Lipinski definition) is 3. The van der Waals surface area contributed by atoms with Gasteiger partial charge in [-0.25, -0.2) is 0 Å². The Morgan fingerprint density at radius 1 is 1.80 bits per heavy atom. The van der Waals surface area contributed by atoms with Crippen LogP contribution in [0, 0.1) is 5.92 Å². The molecule has 3 atom stereocenters. The first-order chi connectivity index (χ1) is 4.66. The molecule has 1 heterocycles. The molecule has 0 aromatic rings. The van der Waals surface area contributed by atoms with Crippen molar-refractivity contribution in [3.63, 3.8) is 0 Å². The van der Waals surface area contributed by atoms with Gasteiger partial charge in [-0.2, -0.15) is 0 Å². The van der Waals surface area contributed by atoms with Crippen LogP contribution in [0.5, 0.6) is 0 Å². The largest absolute Gasteiger partial charge is 0.394 e. The van der Waals surface area contributed by atoms with Gasteiger partial charge >= 0.3 is 0 Å². The number of aliphatic hydroxyl groups is 2. The molecule has 0 spiro atoms. The van der Waals surface area contributed by atoms with Gasteiger partial charge in [0.1, 0.15) is 0 Å². The van der Waals surface area contributed by atoms with E-state index in [0.717, 1.165) is 0 Å². The van der Waals surface area contributed by atoms with Crippen molar-refractivity contribution >= 4 is 5.91 Å². The normalized spacial score (nSPS) is 34.5. The molecule has 0 aromatic heterocycles. The van der Waals surface area contributed by atoms with E-state index in [4.69, 9.17) is 10.2 Å². The number of β-lactam (4-membered cyclic amide) rings is 1. The standard InChI is InChI=1S/C6H11NO3/c1-3(9)5-4(2-8)7-6(5)10/h3-5,8-9H,2H2,1H3,(H,7,10)/t3-,4+,5-/m1/s1. The number of hydrogen-bond donors (Lipinski definition) is 3. The van der Waals surface area contributed by atoms with Gasteiger partial charge in [-0.3, -0.25) is 4.79 Å². The molecule has 1 rings (SSSR count). The van der Waals surface area contributed by atoms with Crippen molar-refractivity contribution < 1.29 is 15.0 Å². The first kappa shape index (κ1) is 7.50. The number of carbonyl (C=O) groups excluding carboxylic acids is 1. The van der Waals surface area contributed by atoms with Crippen LogP contribution in [0.25, 0.3) is 0 Å². The van der Waals surface area contributed by atoms with Crippen molar-refractivity contribution in [2.45, 2.75) is 19.1 Å². The molecule has 0 bridgehead atoms. The lowest BCUT2D eigenvalue weighted by molar-refractivity contribution is -0.142. The molecule has 58 valence electrons. The molecule has 0 saturated carbocycles. The van der Waals surface area contributed by atoms with Crippen molar-refractivity contribution in [1.82, 2.24) is 5.32 Å². The summed E-state index contributed by atoms with van der Waals surface area (Å²) in [5.41, 5.74) is 0. The molecule has 1 amide bonds. The Morgan fingerprint density at radius 3 is 2.60 bits per heavy atom. The van der Waals surface area contributed by atoms with Crippen molar-refractivity contribution in [3.05, 3.63) is 0 Å². The Bertz CT molecular complexity index is 146. The fourth-order valence-corrected chi connectivity index (χ4v) is 1.17. The van der Waals surface area contributed by atoms with Crippen LogP contribution in [0.4, 0.5) is 0 Å². The molecule has 0 unspecified atom stereocenters. The highest BCUT2D eigenvalue weighted by Gasteiger charge is 2.41. The summed E-state index contributed by atoms with van der Waals surface area (Å²) in [4.78, 5) is 10.7. The smallest absolute Gasteiger partial charge is 0.228 e. The van der Waals surface area contributed by atoms with E-state index in [-0.39, 0.29) is 18.6 Å². The van der Waals surface area contributed by atoms with Gasteiger partial charge in [-0.05, 0) is 6.92 Å². The predicted octanol–water partition coefficient (Wildman–Crippen LogP) is -1.53. The van der Waals surface area contributed by atoms with Crippen LogP contribution in [0.1, 0.15) is 6.92 Å². The third kappa shape index (κ3) is 0.998. The predicted molar refractivity (Wildman–Crippen MR) is 34.2 cm³/mol. The summed E-state index contributed by atoms with van der Waals surface area (Å²) in [5, 5.41) is 20.0. The molecule has 1 aliphatic rings. The highest BCUT2D eigenvalue weighted by molar-refractivity contribution is 5.86. The maximum atomic E-state index is 10.7. The second-order valence-corrected chi connectivity index (χ2v) is 2.56. The number of nitrogens with one attached hydrogen (secondary N) is 1. The molecule has 1 aliphatic heterocycles. The van der Waals surface area contributed by atoms with Gasteiger partial charge in [-0.15, -0.1) is 0 Å². The zero-order valence-corrected chi connectivity index (χ0v) is 5.74. The van der Waals surface area contributed by atoms with Crippen molar-refractivity contribution in [2.24, 2.45) is 5.92 Å². The van der Waals surface area contributed by atoms with E-state index in [1.54, 1.807) is 6.92 Å². The van der Waals surface area contributed by atoms with E-state index in [1.165, 1.54) is 0 Å². The summed E-state index contributed by atoms with van der Waals surface area (Å²) in [6, 6.07) is -0.243. The lowest BCUT2D eigenvalue weighted by Crippen LogP contribution is -2.63. The second kappa shape index (κ2) is 2.56. The third-order valence-electron chi connectivity index (χ3n) is 1.78. The van der Waals surface area contributed by atoms with Crippen LogP contribution in [0.15, 0.2) is 0 Å². The van der Waals surface area contributed by atoms with Gasteiger partial charge in [0.05, 0.1) is 24.7 Å². The Morgan fingerprint density at radius 2 is 2.40 bits per heavy atom. The van der Waals surface area contributed by atoms with Crippen LogP contribution >= 0.6 is 0 Å². The summed E-state index contributed by atoms with van der Waals surface area (Å²) in [5.74, 6) is -0.584. The third-order valence-corrected chi connectivity index (χ3v) is 1.78. The van der Waals surface area contributed by atoms with Gasteiger partial charge in [0.15, 0.2) is 0 Å². The second-order valence-electron chi connectivity index (χ2n) is 2.56. The Kier molecular flexibility index (Phi) is 1.92. The maximum absolute atomic E-state index is 10.7. The van der Waals surface area contributed by atoms with E-state index in [9.17, 15) is 4.79 Å². The molecule has 0 aliphatic carbocycles. The minimum Gasteiger partial charge on any atom is -0.394 e. The van der Waals surface area contributed by atoms with E-state index < -0.39 is 12.0 Å². The molecule has 4 heteroatoms. The number of aliphatic hydroxyl groups excluding tert-OH is 2. The summed E-state index contributed by atoms with van der Waals surface area (Å²) in [7, 11) is 0. The Labute approximate surface area is 58.9 Å². The van der Waals surface area contributed by atoms with Gasteiger partial charge < -0.3 is 15.5 Å². The van der Waals surface area contributed by atoms with Gasteiger partial charge in [0, 0.05) is 0 Å². The van der Waals surface area contributed by atoms with Gasteiger partial charge in [0.25, 0.3) is 0 Å². The van der Waals surface area contributed by atoms with Crippen LogP contribution in [0.3, 0.4) is 0 Å². The van der Waals surface area contributed by atoms with Crippen LogP contribution in [0.2, 0.25) is 0 Å². The molecule has 0 radical (unpaired) electrons. The molecular formula is C6H11NO3. The Balaban J connectivity index is 2.48.